The lowest BCUT2D eigenvalue weighted by atomic mass is 9.63. The van der Waals surface area contributed by atoms with E-state index in [-0.39, 0.29) is 5.91 Å². The van der Waals surface area contributed by atoms with Crippen molar-refractivity contribution in [1.82, 2.24) is 5.32 Å². The van der Waals surface area contributed by atoms with Crippen LogP contribution in [0, 0.1) is 5.92 Å². The van der Waals surface area contributed by atoms with Gasteiger partial charge in [0.05, 0.1) is 5.54 Å². The van der Waals surface area contributed by atoms with Crippen molar-refractivity contribution in [2.75, 3.05) is 0 Å². The zero-order valence-electron chi connectivity index (χ0n) is 21.3. The standard InChI is InChI=1S/C30H41NOSi/c1-21(2)33(22(3)4,23(5)6)28-26-19-13-14-20-27(26)30(31-29(28)32,24-15-9-7-10-16-24)25-17-11-8-12-18-25/h7-12,15-18,21-23,27H,13-14,19-20H2,1-6H3,(H,31,32). The van der Waals surface area contributed by atoms with E-state index in [0.717, 1.165) is 12.8 Å². The molecular weight excluding hydrogens is 418 g/mol. The highest BCUT2D eigenvalue weighted by Crippen LogP contribution is 2.55. The number of carbonyl (C=O) groups excluding carboxylic acids is 1. The molecule has 33 heavy (non-hydrogen) atoms. The van der Waals surface area contributed by atoms with Gasteiger partial charge in [-0.05, 0) is 47.0 Å². The summed E-state index contributed by atoms with van der Waals surface area (Å²) in [5.74, 6) is 0.519. The third-order valence-electron chi connectivity index (χ3n) is 8.75. The molecule has 1 atom stereocenters. The van der Waals surface area contributed by atoms with Crippen LogP contribution in [0.5, 0.6) is 0 Å². The van der Waals surface area contributed by atoms with Crippen molar-refractivity contribution in [3.8, 4) is 0 Å². The Balaban J connectivity index is 2.05. The second-order valence-electron chi connectivity index (χ2n) is 11.1. The fraction of sp³-hybridized carbons (Fsp3) is 0.500. The van der Waals surface area contributed by atoms with Crippen LogP contribution in [0.4, 0.5) is 0 Å². The lowest BCUT2D eigenvalue weighted by Crippen LogP contribution is -2.62. The van der Waals surface area contributed by atoms with Crippen LogP contribution in [-0.4, -0.2) is 14.0 Å². The number of hydrogen-bond donors (Lipinski definition) is 1. The lowest BCUT2D eigenvalue weighted by Gasteiger charge is -2.54. The molecule has 3 heteroatoms. The van der Waals surface area contributed by atoms with E-state index in [4.69, 9.17) is 0 Å². The van der Waals surface area contributed by atoms with Crippen molar-refractivity contribution in [3.63, 3.8) is 0 Å². The van der Waals surface area contributed by atoms with Gasteiger partial charge in [-0.25, -0.2) is 0 Å². The Morgan fingerprint density at radius 1 is 0.788 bits per heavy atom. The van der Waals surface area contributed by atoms with E-state index < -0.39 is 13.6 Å². The summed E-state index contributed by atoms with van der Waals surface area (Å²) in [4.78, 5) is 14.4. The predicted molar refractivity (Wildman–Crippen MR) is 142 cm³/mol. The van der Waals surface area contributed by atoms with Crippen molar-refractivity contribution in [2.24, 2.45) is 5.92 Å². The molecule has 0 spiro atoms. The molecule has 1 fully saturated rings. The summed E-state index contributed by atoms with van der Waals surface area (Å²) in [5, 5.41) is 4.96. The van der Waals surface area contributed by atoms with Crippen LogP contribution in [0.15, 0.2) is 71.4 Å². The van der Waals surface area contributed by atoms with E-state index in [2.05, 4.69) is 108 Å². The Morgan fingerprint density at radius 3 is 1.73 bits per heavy atom. The number of nitrogens with one attached hydrogen (secondary N) is 1. The van der Waals surface area contributed by atoms with Gasteiger partial charge in [0, 0.05) is 11.1 Å². The molecule has 2 nitrogen and oxygen atoms in total. The van der Waals surface area contributed by atoms with Crippen LogP contribution < -0.4 is 5.32 Å². The fourth-order valence-electron chi connectivity index (χ4n) is 7.72. The first-order valence-electron chi connectivity index (χ1n) is 12.9. The third kappa shape index (κ3) is 3.64. The van der Waals surface area contributed by atoms with Gasteiger partial charge in [0.15, 0.2) is 0 Å². The molecule has 176 valence electrons. The Morgan fingerprint density at radius 2 is 1.27 bits per heavy atom. The van der Waals surface area contributed by atoms with E-state index in [1.54, 1.807) is 0 Å². The highest BCUT2D eigenvalue weighted by molar-refractivity contribution is 6.93. The minimum atomic E-state index is -2.09. The van der Waals surface area contributed by atoms with Crippen LogP contribution in [-0.2, 0) is 10.3 Å². The molecule has 1 heterocycles. The monoisotopic (exact) mass is 459 g/mol. The normalized spacial score (nSPS) is 20.9. The van der Waals surface area contributed by atoms with Crippen molar-refractivity contribution >= 4 is 14.0 Å². The number of fused-ring (bicyclic) bond motifs is 1. The topological polar surface area (TPSA) is 29.1 Å². The summed E-state index contributed by atoms with van der Waals surface area (Å²) in [7, 11) is -2.09. The van der Waals surface area contributed by atoms with E-state index in [1.165, 1.54) is 34.7 Å². The number of carbonyl (C=O) groups is 1. The molecule has 0 bridgehead atoms. The van der Waals surface area contributed by atoms with Gasteiger partial charge in [0.25, 0.3) is 0 Å². The highest BCUT2D eigenvalue weighted by Gasteiger charge is 2.57. The maximum Gasteiger partial charge on any atom is 0.244 e. The van der Waals surface area contributed by atoms with Crippen LogP contribution >= 0.6 is 0 Å². The summed E-state index contributed by atoms with van der Waals surface area (Å²) in [6, 6.07) is 21.4. The van der Waals surface area contributed by atoms with Gasteiger partial charge in [-0.15, -0.1) is 0 Å². The summed E-state index contributed by atoms with van der Waals surface area (Å²) in [5.41, 5.74) is 4.97. The van der Waals surface area contributed by atoms with Crippen LogP contribution in [0.25, 0.3) is 0 Å². The quantitative estimate of drug-likeness (QED) is 0.439. The molecule has 0 saturated heterocycles. The maximum atomic E-state index is 14.4. The van der Waals surface area contributed by atoms with Crippen molar-refractivity contribution in [2.45, 2.75) is 89.4 Å². The molecule has 1 amide bonds. The average molecular weight is 460 g/mol. The SMILES string of the molecule is CC(C)[Si](C1=C2CCCCC2C(c2ccccc2)(c2ccccc2)NC1=O)(C(C)C)C(C)C. The Hall–Kier alpha value is -2.13. The average Bonchev–Trinajstić information content (AvgIpc) is 2.81. The third-order valence-corrected chi connectivity index (χ3v) is 15.9. The molecule has 4 rings (SSSR count). The minimum Gasteiger partial charge on any atom is -0.338 e. The van der Waals surface area contributed by atoms with Crippen LogP contribution in [0.2, 0.25) is 16.6 Å². The largest absolute Gasteiger partial charge is 0.338 e. The first-order chi connectivity index (χ1) is 15.8. The first kappa shape index (κ1) is 24.0. The number of benzene rings is 2. The summed E-state index contributed by atoms with van der Waals surface area (Å²) < 4.78 is 0. The van der Waals surface area contributed by atoms with Crippen molar-refractivity contribution < 1.29 is 4.79 Å². The van der Waals surface area contributed by atoms with Crippen molar-refractivity contribution in [3.05, 3.63) is 82.6 Å². The van der Waals surface area contributed by atoms with Crippen LogP contribution in [0.3, 0.4) is 0 Å². The van der Waals surface area contributed by atoms with Gasteiger partial charge in [-0.2, -0.15) is 0 Å². The smallest absolute Gasteiger partial charge is 0.244 e. The van der Waals surface area contributed by atoms with Gasteiger partial charge in [0.2, 0.25) is 5.91 Å². The van der Waals surface area contributed by atoms with Gasteiger partial charge in [-0.1, -0.05) is 114 Å². The summed E-state index contributed by atoms with van der Waals surface area (Å²) >= 11 is 0. The number of hydrogen-bond acceptors (Lipinski definition) is 1. The van der Waals surface area contributed by atoms with Crippen molar-refractivity contribution in [1.29, 1.82) is 0 Å². The Kier molecular flexibility index (Phi) is 6.73. The zero-order chi connectivity index (χ0) is 23.8. The number of amides is 1. The molecule has 1 aliphatic carbocycles. The van der Waals surface area contributed by atoms with Crippen LogP contribution in [0.1, 0.15) is 78.4 Å². The predicted octanol–water partition coefficient (Wildman–Crippen LogP) is 7.76. The molecular formula is C30H41NOSi. The lowest BCUT2D eigenvalue weighted by molar-refractivity contribution is -0.120. The molecule has 1 unspecified atom stereocenters. The van der Waals surface area contributed by atoms with E-state index >= 15 is 0 Å². The highest BCUT2D eigenvalue weighted by atomic mass is 28.3. The molecule has 1 saturated carbocycles. The second-order valence-corrected chi connectivity index (χ2v) is 16.9. The Labute approximate surface area is 201 Å². The molecule has 1 N–H and O–H groups in total. The van der Waals surface area contributed by atoms with Gasteiger partial charge in [-0.3, -0.25) is 4.79 Å². The van der Waals surface area contributed by atoms with Gasteiger partial charge in [0.1, 0.15) is 8.07 Å². The second kappa shape index (κ2) is 9.25. The summed E-state index contributed by atoms with van der Waals surface area (Å²) in [6.45, 7) is 14.3. The van der Waals surface area contributed by atoms with Gasteiger partial charge >= 0.3 is 0 Å². The minimum absolute atomic E-state index is 0.207. The zero-order valence-corrected chi connectivity index (χ0v) is 22.3. The maximum absolute atomic E-state index is 14.4. The molecule has 2 aliphatic rings. The molecule has 1 aliphatic heterocycles. The Bertz CT molecular complexity index is 945. The van der Waals surface area contributed by atoms with E-state index in [0.29, 0.717) is 22.5 Å². The van der Waals surface area contributed by atoms with Gasteiger partial charge < -0.3 is 5.32 Å². The van der Waals surface area contributed by atoms with E-state index in [9.17, 15) is 4.79 Å². The molecule has 0 radical (unpaired) electrons. The summed E-state index contributed by atoms with van der Waals surface area (Å²) in [6.07, 6.45) is 4.61. The molecule has 2 aromatic rings. The number of rotatable bonds is 6. The first-order valence-corrected chi connectivity index (χ1v) is 15.2. The van der Waals surface area contributed by atoms with E-state index in [1.807, 2.05) is 0 Å². The fourth-order valence-corrected chi connectivity index (χ4v) is 14.8. The molecule has 0 aromatic heterocycles. The molecule has 2 aromatic carbocycles.